The van der Waals surface area contributed by atoms with Gasteiger partial charge in [0.05, 0.1) is 6.10 Å². The number of aliphatic hydroxyl groups excluding tert-OH is 1. The Bertz CT molecular complexity index is 1180. The molecule has 1 saturated heterocycles. The fourth-order valence-electron chi connectivity index (χ4n) is 5.05. The van der Waals surface area contributed by atoms with Crippen molar-refractivity contribution >= 4 is 5.91 Å². The highest BCUT2D eigenvalue weighted by molar-refractivity contribution is 5.94. The lowest BCUT2D eigenvalue weighted by Crippen LogP contribution is -2.49. The van der Waals surface area contributed by atoms with Crippen molar-refractivity contribution in [2.45, 2.75) is 50.6 Å². The second kappa shape index (κ2) is 11.7. The van der Waals surface area contributed by atoms with Crippen LogP contribution in [0, 0.1) is 0 Å². The van der Waals surface area contributed by atoms with Gasteiger partial charge in [0.25, 0.3) is 5.91 Å². The van der Waals surface area contributed by atoms with Gasteiger partial charge in [-0.3, -0.25) is 14.7 Å². The Morgan fingerprint density at radius 2 is 1.84 bits per heavy atom. The number of aromatic hydroxyl groups is 1. The Kier molecular flexibility index (Phi) is 7.99. The SMILES string of the molecule is O=C(NC[C@@H](O)[C@@H]1Cc2ccc(O)cc2CN1)c1ccc(OC2CCN(Cc3ccncc3)CC2)cc1. The monoisotopic (exact) mass is 502 g/mol. The van der Waals surface area contributed by atoms with Gasteiger partial charge < -0.3 is 25.6 Å². The summed E-state index contributed by atoms with van der Waals surface area (Å²) in [4.78, 5) is 19.1. The third kappa shape index (κ3) is 6.65. The second-order valence-electron chi connectivity index (χ2n) is 9.90. The number of nitrogens with one attached hydrogen (secondary N) is 2. The first kappa shape index (κ1) is 25.2. The van der Waals surface area contributed by atoms with E-state index in [4.69, 9.17) is 4.74 Å². The van der Waals surface area contributed by atoms with Crippen molar-refractivity contribution in [3.05, 3.63) is 89.2 Å². The molecule has 0 saturated carbocycles. The molecule has 3 aromatic rings. The van der Waals surface area contributed by atoms with Crippen LogP contribution in [0.15, 0.2) is 67.0 Å². The average molecular weight is 503 g/mol. The molecular formula is C29H34N4O4. The van der Waals surface area contributed by atoms with Crippen LogP contribution in [0.2, 0.25) is 0 Å². The molecule has 2 aromatic carbocycles. The Balaban J connectivity index is 1.05. The molecule has 5 rings (SSSR count). The van der Waals surface area contributed by atoms with E-state index in [1.165, 1.54) is 5.56 Å². The molecule has 37 heavy (non-hydrogen) atoms. The molecule has 0 unspecified atom stereocenters. The molecule has 1 fully saturated rings. The van der Waals surface area contributed by atoms with Crippen molar-refractivity contribution in [3.8, 4) is 11.5 Å². The Morgan fingerprint density at radius 1 is 1.08 bits per heavy atom. The summed E-state index contributed by atoms with van der Waals surface area (Å²) in [5.74, 6) is 0.780. The molecule has 1 aromatic heterocycles. The first-order chi connectivity index (χ1) is 18.0. The number of likely N-dealkylation sites (tertiary alicyclic amines) is 1. The second-order valence-corrected chi connectivity index (χ2v) is 9.90. The number of amides is 1. The van der Waals surface area contributed by atoms with Crippen molar-refractivity contribution in [2.75, 3.05) is 19.6 Å². The van der Waals surface area contributed by atoms with Crippen molar-refractivity contribution in [2.24, 2.45) is 0 Å². The van der Waals surface area contributed by atoms with E-state index in [1.807, 2.05) is 30.6 Å². The van der Waals surface area contributed by atoms with Gasteiger partial charge in [-0.2, -0.15) is 0 Å². The summed E-state index contributed by atoms with van der Waals surface area (Å²) < 4.78 is 6.17. The standard InChI is InChI=1S/C29H34N4O4/c34-24-4-1-22-16-27(31-17-23(22)15-24)28(35)18-32-29(36)21-2-5-25(6-3-21)37-26-9-13-33(14-10-26)19-20-7-11-30-12-8-20/h1-8,11-12,15,26-28,31,34-35H,9-10,13-14,16-19H2,(H,32,36)/t27-,28+/m0/s1. The smallest absolute Gasteiger partial charge is 0.251 e. The van der Waals surface area contributed by atoms with E-state index >= 15 is 0 Å². The lowest BCUT2D eigenvalue weighted by molar-refractivity contribution is 0.0869. The topological polar surface area (TPSA) is 107 Å². The van der Waals surface area contributed by atoms with Crippen LogP contribution in [0.3, 0.4) is 0 Å². The maximum atomic E-state index is 12.6. The van der Waals surface area contributed by atoms with Gasteiger partial charge in [0, 0.05) is 56.7 Å². The van der Waals surface area contributed by atoms with Crippen LogP contribution in [0.25, 0.3) is 0 Å². The van der Waals surface area contributed by atoms with E-state index in [0.29, 0.717) is 18.5 Å². The summed E-state index contributed by atoms with van der Waals surface area (Å²) in [5, 5.41) is 26.4. The van der Waals surface area contributed by atoms with Crippen molar-refractivity contribution < 1.29 is 19.7 Å². The minimum Gasteiger partial charge on any atom is -0.508 e. The molecule has 2 aliphatic rings. The zero-order valence-electron chi connectivity index (χ0n) is 20.8. The first-order valence-electron chi connectivity index (χ1n) is 12.9. The Morgan fingerprint density at radius 3 is 2.59 bits per heavy atom. The summed E-state index contributed by atoms with van der Waals surface area (Å²) in [7, 11) is 0. The number of aromatic nitrogens is 1. The van der Waals surface area contributed by atoms with Gasteiger partial charge in [-0.05, 0) is 84.5 Å². The van der Waals surface area contributed by atoms with Gasteiger partial charge in [-0.15, -0.1) is 0 Å². The van der Waals surface area contributed by atoms with Gasteiger partial charge >= 0.3 is 0 Å². The van der Waals surface area contributed by atoms with E-state index < -0.39 is 6.10 Å². The maximum absolute atomic E-state index is 12.6. The molecule has 2 aliphatic heterocycles. The molecule has 0 aliphatic carbocycles. The molecule has 194 valence electrons. The van der Waals surface area contributed by atoms with Crippen LogP contribution in [-0.4, -0.2) is 63.9 Å². The highest BCUT2D eigenvalue weighted by Gasteiger charge is 2.25. The van der Waals surface area contributed by atoms with Crippen LogP contribution < -0.4 is 15.4 Å². The highest BCUT2D eigenvalue weighted by atomic mass is 16.5. The number of pyridine rings is 1. The summed E-state index contributed by atoms with van der Waals surface area (Å²) in [6.45, 7) is 3.63. The van der Waals surface area contributed by atoms with Crippen LogP contribution in [0.4, 0.5) is 0 Å². The van der Waals surface area contributed by atoms with Gasteiger partial charge in [0.2, 0.25) is 0 Å². The number of carbonyl (C=O) groups is 1. The van der Waals surface area contributed by atoms with Crippen molar-refractivity contribution in [1.29, 1.82) is 0 Å². The van der Waals surface area contributed by atoms with Gasteiger partial charge in [0.1, 0.15) is 17.6 Å². The zero-order chi connectivity index (χ0) is 25.6. The van der Waals surface area contributed by atoms with E-state index in [1.54, 1.807) is 24.3 Å². The molecule has 2 atom stereocenters. The molecule has 1 amide bonds. The van der Waals surface area contributed by atoms with Crippen LogP contribution in [0.1, 0.15) is 39.9 Å². The number of phenolic OH excluding ortho intramolecular Hbond substituents is 1. The van der Waals surface area contributed by atoms with E-state index in [0.717, 1.165) is 49.4 Å². The Labute approximate surface area is 217 Å². The van der Waals surface area contributed by atoms with Crippen LogP contribution >= 0.6 is 0 Å². The lowest BCUT2D eigenvalue weighted by Gasteiger charge is -2.32. The van der Waals surface area contributed by atoms with Gasteiger partial charge in [-0.25, -0.2) is 0 Å². The Hall–Kier alpha value is -3.46. The number of carbonyl (C=O) groups excluding carboxylic acids is 1. The van der Waals surface area contributed by atoms with Gasteiger partial charge in [0.15, 0.2) is 0 Å². The summed E-state index contributed by atoms with van der Waals surface area (Å²) >= 11 is 0. The fraction of sp³-hybridized carbons (Fsp3) is 0.379. The lowest BCUT2D eigenvalue weighted by atomic mass is 9.92. The van der Waals surface area contributed by atoms with E-state index in [-0.39, 0.29) is 30.3 Å². The molecule has 0 spiro atoms. The number of fused-ring (bicyclic) bond motifs is 1. The van der Waals surface area contributed by atoms with Gasteiger partial charge in [-0.1, -0.05) is 6.07 Å². The van der Waals surface area contributed by atoms with Crippen LogP contribution in [-0.2, 0) is 19.5 Å². The third-order valence-corrected chi connectivity index (χ3v) is 7.23. The normalized spacial score (nSPS) is 19.1. The van der Waals surface area contributed by atoms with Crippen LogP contribution in [0.5, 0.6) is 11.5 Å². The number of hydrogen-bond acceptors (Lipinski definition) is 7. The minimum absolute atomic E-state index is 0.153. The molecule has 8 nitrogen and oxygen atoms in total. The first-order valence-corrected chi connectivity index (χ1v) is 12.9. The number of piperidine rings is 1. The number of ether oxygens (including phenoxy) is 1. The molecule has 3 heterocycles. The third-order valence-electron chi connectivity index (χ3n) is 7.23. The maximum Gasteiger partial charge on any atom is 0.251 e. The predicted octanol–water partition coefficient (Wildman–Crippen LogP) is 2.64. The summed E-state index contributed by atoms with van der Waals surface area (Å²) in [6, 6.07) is 16.4. The minimum atomic E-state index is -0.724. The number of hydrogen-bond donors (Lipinski definition) is 4. The molecule has 8 heteroatoms. The predicted molar refractivity (Wildman–Crippen MR) is 140 cm³/mol. The summed E-state index contributed by atoms with van der Waals surface area (Å²) in [6.07, 6.45) is 5.67. The van der Waals surface area contributed by atoms with Crippen molar-refractivity contribution in [3.63, 3.8) is 0 Å². The van der Waals surface area contributed by atoms with E-state index in [2.05, 4.69) is 32.7 Å². The number of phenols is 1. The number of benzene rings is 2. The molecule has 0 radical (unpaired) electrons. The molecule has 0 bridgehead atoms. The average Bonchev–Trinajstić information content (AvgIpc) is 2.93. The summed E-state index contributed by atoms with van der Waals surface area (Å²) in [5.41, 5.74) is 3.94. The number of rotatable bonds is 8. The van der Waals surface area contributed by atoms with Crippen molar-refractivity contribution in [1.82, 2.24) is 20.5 Å². The highest BCUT2D eigenvalue weighted by Crippen LogP contribution is 2.23. The fourth-order valence-corrected chi connectivity index (χ4v) is 5.05. The molecule has 4 N–H and O–H groups in total. The number of aliphatic hydroxyl groups is 1. The van der Waals surface area contributed by atoms with E-state index in [9.17, 15) is 15.0 Å². The molecular weight excluding hydrogens is 468 g/mol. The quantitative estimate of drug-likeness (QED) is 0.375. The zero-order valence-corrected chi connectivity index (χ0v) is 20.8. The number of nitrogens with zero attached hydrogens (tertiary/aromatic N) is 2. The largest absolute Gasteiger partial charge is 0.508 e.